The van der Waals surface area contributed by atoms with Crippen molar-refractivity contribution in [2.75, 3.05) is 26.4 Å². The normalized spacial score (nSPS) is 17.9. The Morgan fingerprint density at radius 3 is 2.63 bits per heavy atom. The highest BCUT2D eigenvalue weighted by Crippen LogP contribution is 2.17. The van der Waals surface area contributed by atoms with Crippen molar-refractivity contribution in [3.8, 4) is 0 Å². The predicted molar refractivity (Wildman–Crippen MR) is 77.5 cm³/mol. The van der Waals surface area contributed by atoms with Crippen LogP contribution >= 0.6 is 12.4 Å². The van der Waals surface area contributed by atoms with Gasteiger partial charge in [0.05, 0.1) is 12.1 Å². The van der Waals surface area contributed by atoms with Crippen molar-refractivity contribution in [3.63, 3.8) is 0 Å². The molecule has 0 aromatic carbocycles. The standard InChI is InChI=1S/C13H26N2O3.ClH/c1-10(2)18-7-3-6-15-13(16)12(14)11-4-8-17-9-5-11;/h10-12H,3-9,14H2,1-2H3,(H,15,16);1H. The van der Waals surface area contributed by atoms with Crippen LogP contribution in [0.4, 0.5) is 0 Å². The van der Waals surface area contributed by atoms with Crippen molar-refractivity contribution < 1.29 is 14.3 Å². The summed E-state index contributed by atoms with van der Waals surface area (Å²) in [6.07, 6.45) is 2.82. The van der Waals surface area contributed by atoms with E-state index in [1.165, 1.54) is 0 Å². The third-order valence-corrected chi connectivity index (χ3v) is 3.15. The van der Waals surface area contributed by atoms with Gasteiger partial charge in [-0.1, -0.05) is 0 Å². The zero-order valence-corrected chi connectivity index (χ0v) is 12.7. The minimum atomic E-state index is -0.403. The van der Waals surface area contributed by atoms with Crippen LogP contribution in [0.15, 0.2) is 0 Å². The summed E-state index contributed by atoms with van der Waals surface area (Å²) in [5.41, 5.74) is 5.96. The van der Waals surface area contributed by atoms with Crippen LogP contribution in [0.5, 0.6) is 0 Å². The molecule has 1 fully saturated rings. The Morgan fingerprint density at radius 1 is 1.42 bits per heavy atom. The topological polar surface area (TPSA) is 73.6 Å². The average Bonchev–Trinajstić information content (AvgIpc) is 2.38. The highest BCUT2D eigenvalue weighted by Gasteiger charge is 2.26. The number of carbonyl (C=O) groups excluding carboxylic acids is 1. The van der Waals surface area contributed by atoms with E-state index in [0.29, 0.717) is 26.4 Å². The fraction of sp³-hybridized carbons (Fsp3) is 0.923. The van der Waals surface area contributed by atoms with Crippen LogP contribution in [0.1, 0.15) is 33.1 Å². The number of amides is 1. The molecule has 0 aromatic rings. The van der Waals surface area contributed by atoms with Gasteiger partial charge in [-0.2, -0.15) is 0 Å². The number of carbonyl (C=O) groups is 1. The molecule has 0 aromatic heterocycles. The lowest BCUT2D eigenvalue weighted by atomic mass is 9.92. The molecule has 3 N–H and O–H groups in total. The lowest BCUT2D eigenvalue weighted by molar-refractivity contribution is -0.124. The summed E-state index contributed by atoms with van der Waals surface area (Å²) in [7, 11) is 0. The van der Waals surface area contributed by atoms with Gasteiger partial charge in [0.25, 0.3) is 0 Å². The van der Waals surface area contributed by atoms with Crippen LogP contribution in [-0.2, 0) is 14.3 Å². The van der Waals surface area contributed by atoms with E-state index in [4.69, 9.17) is 15.2 Å². The molecule has 1 rings (SSSR count). The van der Waals surface area contributed by atoms with E-state index in [-0.39, 0.29) is 30.3 Å². The van der Waals surface area contributed by atoms with E-state index < -0.39 is 6.04 Å². The average molecular weight is 295 g/mol. The molecule has 1 aliphatic rings. The minimum absolute atomic E-state index is 0. The number of nitrogens with one attached hydrogen (secondary N) is 1. The maximum Gasteiger partial charge on any atom is 0.237 e. The number of rotatable bonds is 7. The SMILES string of the molecule is CC(C)OCCCNC(=O)C(N)C1CCOCC1.Cl. The van der Waals surface area contributed by atoms with Gasteiger partial charge in [-0.05, 0) is 39.0 Å². The smallest absolute Gasteiger partial charge is 0.237 e. The molecule has 1 atom stereocenters. The number of hydrogen-bond donors (Lipinski definition) is 2. The summed E-state index contributed by atoms with van der Waals surface area (Å²) in [5, 5.41) is 2.87. The zero-order chi connectivity index (χ0) is 13.4. The zero-order valence-electron chi connectivity index (χ0n) is 11.9. The van der Waals surface area contributed by atoms with E-state index in [1.807, 2.05) is 13.8 Å². The molecule has 1 unspecified atom stereocenters. The molecule has 5 nitrogen and oxygen atoms in total. The van der Waals surface area contributed by atoms with Gasteiger partial charge < -0.3 is 20.5 Å². The predicted octanol–water partition coefficient (Wildman–Crippen LogP) is 1.09. The monoisotopic (exact) mass is 294 g/mol. The van der Waals surface area contributed by atoms with Gasteiger partial charge in [-0.25, -0.2) is 0 Å². The first kappa shape index (κ1) is 18.6. The lowest BCUT2D eigenvalue weighted by Crippen LogP contribution is -2.47. The Bertz CT molecular complexity index is 246. The number of halogens is 1. The van der Waals surface area contributed by atoms with Crippen LogP contribution < -0.4 is 11.1 Å². The van der Waals surface area contributed by atoms with Crippen LogP contribution in [0.3, 0.4) is 0 Å². The molecule has 0 bridgehead atoms. The molecule has 1 heterocycles. The van der Waals surface area contributed by atoms with Crippen molar-refractivity contribution in [1.82, 2.24) is 5.32 Å². The van der Waals surface area contributed by atoms with E-state index in [9.17, 15) is 4.79 Å². The first-order valence-corrected chi connectivity index (χ1v) is 6.84. The maximum absolute atomic E-state index is 11.8. The van der Waals surface area contributed by atoms with Gasteiger partial charge in [0.15, 0.2) is 0 Å². The van der Waals surface area contributed by atoms with Crippen molar-refractivity contribution in [3.05, 3.63) is 0 Å². The summed E-state index contributed by atoms with van der Waals surface area (Å²) in [5.74, 6) is 0.206. The third-order valence-electron chi connectivity index (χ3n) is 3.15. The number of hydrogen-bond acceptors (Lipinski definition) is 4. The Kier molecular flexibility index (Phi) is 10.2. The molecule has 0 aliphatic carbocycles. The van der Waals surface area contributed by atoms with Gasteiger partial charge in [-0.3, -0.25) is 4.79 Å². The van der Waals surface area contributed by atoms with E-state index in [2.05, 4.69) is 5.32 Å². The number of nitrogens with two attached hydrogens (primary N) is 1. The van der Waals surface area contributed by atoms with Gasteiger partial charge in [0, 0.05) is 26.4 Å². The Labute approximate surface area is 122 Å². The van der Waals surface area contributed by atoms with Crippen LogP contribution in [0.2, 0.25) is 0 Å². The minimum Gasteiger partial charge on any atom is -0.381 e. The summed E-state index contributed by atoms with van der Waals surface area (Å²) in [6, 6.07) is -0.403. The van der Waals surface area contributed by atoms with Crippen molar-refractivity contribution >= 4 is 18.3 Å². The van der Waals surface area contributed by atoms with E-state index in [1.54, 1.807) is 0 Å². The van der Waals surface area contributed by atoms with Crippen LogP contribution in [0.25, 0.3) is 0 Å². The molecule has 0 saturated carbocycles. The second-order valence-corrected chi connectivity index (χ2v) is 5.04. The fourth-order valence-corrected chi connectivity index (χ4v) is 2.01. The first-order chi connectivity index (χ1) is 8.61. The largest absolute Gasteiger partial charge is 0.381 e. The van der Waals surface area contributed by atoms with Crippen molar-refractivity contribution in [2.24, 2.45) is 11.7 Å². The third kappa shape index (κ3) is 7.72. The van der Waals surface area contributed by atoms with E-state index in [0.717, 1.165) is 19.3 Å². The second kappa shape index (κ2) is 10.4. The molecular weight excluding hydrogens is 268 g/mol. The summed E-state index contributed by atoms with van der Waals surface area (Å²) >= 11 is 0. The van der Waals surface area contributed by atoms with E-state index >= 15 is 0 Å². The number of ether oxygens (including phenoxy) is 2. The second-order valence-electron chi connectivity index (χ2n) is 5.04. The van der Waals surface area contributed by atoms with Gasteiger partial charge in [0.2, 0.25) is 5.91 Å². The highest BCUT2D eigenvalue weighted by atomic mass is 35.5. The quantitative estimate of drug-likeness (QED) is 0.690. The van der Waals surface area contributed by atoms with Gasteiger partial charge in [0.1, 0.15) is 0 Å². The highest BCUT2D eigenvalue weighted by molar-refractivity contribution is 5.85. The maximum atomic E-state index is 11.8. The summed E-state index contributed by atoms with van der Waals surface area (Å²) in [4.78, 5) is 11.8. The Morgan fingerprint density at radius 2 is 2.05 bits per heavy atom. The molecule has 1 aliphatic heterocycles. The Balaban J connectivity index is 0.00000324. The molecule has 1 saturated heterocycles. The summed E-state index contributed by atoms with van der Waals surface area (Å²) < 4.78 is 10.7. The van der Waals surface area contributed by atoms with Crippen LogP contribution in [0, 0.1) is 5.92 Å². The van der Waals surface area contributed by atoms with Gasteiger partial charge >= 0.3 is 0 Å². The fourth-order valence-electron chi connectivity index (χ4n) is 2.01. The van der Waals surface area contributed by atoms with Gasteiger partial charge in [-0.15, -0.1) is 12.4 Å². The molecule has 6 heteroatoms. The molecular formula is C13H27ClN2O3. The molecule has 1 amide bonds. The Hall–Kier alpha value is -0.360. The first-order valence-electron chi connectivity index (χ1n) is 6.84. The van der Waals surface area contributed by atoms with Crippen molar-refractivity contribution in [1.29, 1.82) is 0 Å². The molecule has 0 radical (unpaired) electrons. The lowest BCUT2D eigenvalue weighted by Gasteiger charge is -2.26. The molecule has 19 heavy (non-hydrogen) atoms. The van der Waals surface area contributed by atoms with Crippen LogP contribution in [-0.4, -0.2) is 44.4 Å². The summed E-state index contributed by atoms with van der Waals surface area (Å²) in [6.45, 7) is 6.73. The molecule has 114 valence electrons. The molecule has 0 spiro atoms. The van der Waals surface area contributed by atoms with Crippen molar-refractivity contribution in [2.45, 2.75) is 45.3 Å².